The van der Waals surface area contributed by atoms with E-state index in [0.717, 1.165) is 11.1 Å². The third-order valence-corrected chi connectivity index (χ3v) is 7.02. The van der Waals surface area contributed by atoms with Gasteiger partial charge in [-0.2, -0.15) is 0 Å². The van der Waals surface area contributed by atoms with Crippen molar-refractivity contribution in [2.24, 2.45) is 17.6 Å². The molecule has 6 N–H and O–H groups in total. The van der Waals surface area contributed by atoms with Gasteiger partial charge in [0, 0.05) is 29.9 Å². The quantitative estimate of drug-likeness (QED) is 0.336. The summed E-state index contributed by atoms with van der Waals surface area (Å²) in [7, 11) is 1.30. The number of hydrogen-bond donors (Lipinski definition) is 5. The fourth-order valence-corrected chi connectivity index (χ4v) is 5.44. The average molecular weight is 455 g/mol. The number of carbonyl (C=O) groups excluding carboxylic acids is 3. The van der Waals surface area contributed by atoms with Crippen LogP contribution in [0.15, 0.2) is 41.4 Å². The number of amides is 1. The van der Waals surface area contributed by atoms with Crippen molar-refractivity contribution in [2.75, 3.05) is 7.11 Å². The smallest absolute Gasteiger partial charge is 0.305 e. The van der Waals surface area contributed by atoms with Crippen molar-refractivity contribution >= 4 is 23.2 Å². The van der Waals surface area contributed by atoms with Crippen molar-refractivity contribution in [3.8, 4) is 5.75 Å². The number of rotatable bonds is 4. The van der Waals surface area contributed by atoms with E-state index in [1.165, 1.54) is 13.2 Å². The van der Waals surface area contributed by atoms with Crippen LogP contribution in [0.25, 0.3) is 5.57 Å². The number of phenolic OH excluding ortho intramolecular Hbond substituents is 1. The maximum absolute atomic E-state index is 13.0. The first-order valence-corrected chi connectivity index (χ1v) is 10.5. The summed E-state index contributed by atoms with van der Waals surface area (Å²) in [6.45, 7) is 4.02. The lowest BCUT2D eigenvalue weighted by Crippen LogP contribution is -2.56. The Hall–Kier alpha value is -3.59. The number of primary amides is 1. The van der Waals surface area contributed by atoms with Crippen LogP contribution in [0, 0.1) is 11.8 Å². The minimum atomic E-state index is -2.43. The third kappa shape index (κ3) is 3.22. The van der Waals surface area contributed by atoms with Gasteiger partial charge in [0.25, 0.3) is 5.91 Å². The summed E-state index contributed by atoms with van der Waals surface area (Å²) >= 11 is 0. The van der Waals surface area contributed by atoms with Crippen molar-refractivity contribution in [3.05, 3.63) is 58.1 Å². The number of fused-ring (bicyclic) bond motifs is 3. The zero-order valence-electron chi connectivity index (χ0n) is 18.1. The van der Waals surface area contributed by atoms with Gasteiger partial charge in [0.1, 0.15) is 22.8 Å². The van der Waals surface area contributed by atoms with Gasteiger partial charge in [0.05, 0.1) is 7.11 Å². The number of carbonyl (C=O) groups is 3. The molecule has 3 atom stereocenters. The Labute approximate surface area is 189 Å². The molecule has 0 unspecified atom stereocenters. The number of Topliss-reactive ketones (excluding diaryl/α,β-unsaturated/α-hetero) is 1. The van der Waals surface area contributed by atoms with E-state index in [4.69, 9.17) is 10.5 Å². The Morgan fingerprint density at radius 3 is 2.58 bits per heavy atom. The summed E-state index contributed by atoms with van der Waals surface area (Å²) in [4.78, 5) is 36.3. The number of nitrogens with two attached hydrogens (primary N) is 1. The summed E-state index contributed by atoms with van der Waals surface area (Å²) in [6.07, 6.45) is 0.875. The second-order valence-electron chi connectivity index (χ2n) is 8.73. The van der Waals surface area contributed by atoms with Crippen molar-refractivity contribution in [3.63, 3.8) is 0 Å². The molecule has 3 aliphatic rings. The van der Waals surface area contributed by atoms with Crippen molar-refractivity contribution < 1.29 is 39.5 Å². The number of aromatic hydroxyl groups is 1. The normalized spacial score (nSPS) is 26.5. The number of esters is 1. The minimum Gasteiger partial charge on any atom is -0.511 e. The number of hydrogen-bond acceptors (Lipinski definition) is 8. The van der Waals surface area contributed by atoms with Crippen molar-refractivity contribution in [2.45, 2.75) is 37.7 Å². The second-order valence-corrected chi connectivity index (χ2v) is 8.73. The molecule has 4 rings (SSSR count). The number of methoxy groups -OCH3 is 1. The van der Waals surface area contributed by atoms with Crippen LogP contribution in [-0.4, -0.2) is 50.8 Å². The number of aliphatic hydroxyl groups excluding tert-OH is 2. The monoisotopic (exact) mass is 455 g/mol. The Morgan fingerprint density at radius 1 is 1.24 bits per heavy atom. The molecule has 0 bridgehead atoms. The maximum Gasteiger partial charge on any atom is 0.305 e. The van der Waals surface area contributed by atoms with Crippen molar-refractivity contribution in [1.82, 2.24) is 0 Å². The predicted octanol–water partition coefficient (Wildman–Crippen LogP) is 1.52. The van der Waals surface area contributed by atoms with Gasteiger partial charge in [-0.15, -0.1) is 0 Å². The van der Waals surface area contributed by atoms with E-state index in [1.807, 2.05) is 0 Å². The molecular weight excluding hydrogens is 430 g/mol. The summed E-state index contributed by atoms with van der Waals surface area (Å²) in [5.41, 5.74) is 4.48. The van der Waals surface area contributed by atoms with E-state index in [2.05, 4.69) is 6.58 Å². The van der Waals surface area contributed by atoms with Crippen LogP contribution in [0.2, 0.25) is 0 Å². The molecule has 0 fully saturated rings. The summed E-state index contributed by atoms with van der Waals surface area (Å²) in [6, 6.07) is 3.18. The van der Waals surface area contributed by atoms with Gasteiger partial charge in [-0.3, -0.25) is 14.4 Å². The van der Waals surface area contributed by atoms with E-state index < -0.39 is 40.3 Å². The Morgan fingerprint density at radius 2 is 1.94 bits per heavy atom. The zero-order chi connectivity index (χ0) is 24.2. The topological polar surface area (TPSA) is 167 Å². The van der Waals surface area contributed by atoms with Gasteiger partial charge in [0.2, 0.25) is 5.78 Å². The number of aryl methyl sites for hydroxylation is 1. The molecule has 1 aromatic carbocycles. The molecule has 1 aromatic rings. The van der Waals surface area contributed by atoms with E-state index in [9.17, 15) is 34.8 Å². The standard InChI is InChI=1S/C24H25NO8/c1-10-18-12(8-14-11(4-6-17(28)33-2)3-5-15(26)19(10)14)7-13-9-16(27)20(23(25)31)22(30)24(13,32)21(18)29/h3,5,12-13,26-27,29,32H,1,4,6-9H2,2H3,(H2,25,31)/t12-,13+,24+/m1/s1. The fraction of sp³-hybridized carbons (Fsp3) is 0.375. The molecular formula is C24H25NO8. The summed E-state index contributed by atoms with van der Waals surface area (Å²) in [5, 5.41) is 43.2. The van der Waals surface area contributed by atoms with Gasteiger partial charge in [-0.1, -0.05) is 12.6 Å². The molecule has 1 amide bonds. The Bertz CT molecular complexity index is 1180. The molecule has 0 saturated carbocycles. The highest BCUT2D eigenvalue weighted by Crippen LogP contribution is 2.54. The van der Waals surface area contributed by atoms with Gasteiger partial charge < -0.3 is 30.9 Å². The molecule has 174 valence electrons. The third-order valence-electron chi connectivity index (χ3n) is 7.02. The fourth-order valence-electron chi connectivity index (χ4n) is 5.44. The maximum atomic E-state index is 13.0. The molecule has 0 aromatic heterocycles. The predicted molar refractivity (Wildman–Crippen MR) is 116 cm³/mol. The lowest BCUT2D eigenvalue weighted by atomic mass is 9.59. The van der Waals surface area contributed by atoms with Crippen LogP contribution in [0.3, 0.4) is 0 Å². The first-order valence-electron chi connectivity index (χ1n) is 10.5. The molecule has 9 heteroatoms. The van der Waals surface area contributed by atoms with Gasteiger partial charge in [0.15, 0.2) is 5.60 Å². The molecule has 0 radical (unpaired) electrons. The summed E-state index contributed by atoms with van der Waals surface area (Å²) in [5.74, 6) is -5.21. The van der Waals surface area contributed by atoms with Gasteiger partial charge >= 0.3 is 5.97 Å². The van der Waals surface area contributed by atoms with E-state index in [0.29, 0.717) is 18.4 Å². The highest BCUT2D eigenvalue weighted by Gasteiger charge is 2.58. The molecule has 0 saturated heterocycles. The van der Waals surface area contributed by atoms with E-state index >= 15 is 0 Å². The largest absolute Gasteiger partial charge is 0.511 e. The minimum absolute atomic E-state index is 0.0879. The Balaban J connectivity index is 1.82. The average Bonchev–Trinajstić information content (AvgIpc) is 2.75. The van der Waals surface area contributed by atoms with Crippen LogP contribution in [0.4, 0.5) is 0 Å². The van der Waals surface area contributed by atoms with Gasteiger partial charge in [-0.25, -0.2) is 0 Å². The molecule has 0 spiro atoms. The molecule has 0 heterocycles. The molecule has 33 heavy (non-hydrogen) atoms. The molecule has 9 nitrogen and oxygen atoms in total. The number of ether oxygens (including phenoxy) is 1. The molecule has 0 aliphatic heterocycles. The first-order chi connectivity index (χ1) is 15.5. The number of ketones is 1. The second kappa shape index (κ2) is 7.77. The number of aliphatic hydroxyl groups is 3. The lowest BCUT2D eigenvalue weighted by molar-refractivity contribution is -0.144. The van der Waals surface area contributed by atoms with Crippen LogP contribution < -0.4 is 5.73 Å². The SMILES string of the molecule is C=C1C2=C(O)[C@]3(O)C(=O)C(C(N)=O)=C(O)C[C@@H]3C[C@@H]2Cc2c(CCC(=O)OC)ccc(O)c21. The zero-order valence-corrected chi connectivity index (χ0v) is 18.1. The highest BCUT2D eigenvalue weighted by atomic mass is 16.5. The first kappa shape index (κ1) is 22.6. The molecule has 3 aliphatic carbocycles. The highest BCUT2D eigenvalue weighted by molar-refractivity contribution is 6.23. The van der Waals surface area contributed by atoms with E-state index in [-0.39, 0.29) is 48.0 Å². The van der Waals surface area contributed by atoms with Crippen LogP contribution in [-0.2, 0) is 32.0 Å². The van der Waals surface area contributed by atoms with Crippen LogP contribution in [0.5, 0.6) is 5.75 Å². The number of phenols is 1. The lowest BCUT2D eigenvalue weighted by Gasteiger charge is -2.46. The Kier molecular flexibility index (Phi) is 5.32. The van der Waals surface area contributed by atoms with Gasteiger partial charge in [-0.05, 0) is 47.9 Å². The van der Waals surface area contributed by atoms with Crippen LogP contribution in [0.1, 0.15) is 36.0 Å². The summed E-state index contributed by atoms with van der Waals surface area (Å²) < 4.78 is 4.71. The van der Waals surface area contributed by atoms with Crippen LogP contribution >= 0.6 is 0 Å². The number of benzene rings is 1. The number of allylic oxidation sites excluding steroid dienone is 3. The van der Waals surface area contributed by atoms with Crippen molar-refractivity contribution in [1.29, 1.82) is 0 Å². The van der Waals surface area contributed by atoms with E-state index in [1.54, 1.807) is 6.07 Å².